The van der Waals surface area contributed by atoms with Crippen LogP contribution in [0.15, 0.2) is 33.9 Å². The molecule has 0 spiro atoms. The Bertz CT molecular complexity index is 1240. The average Bonchev–Trinajstić information content (AvgIpc) is 2.88. The quantitative estimate of drug-likeness (QED) is 0.295. The number of imidazole rings is 1. The standard InChI is InChI=1S/C9H12N4O2.C8H6F3I2N.Pt/c1-10-5-11(2)7-6(10)8(14)13(4)9(15)12(7)3;9-8(10,11)7-3-1-6(2-4-7)5-14(12)13;/h1-4H3;1-4H,5H2;. The van der Waals surface area contributed by atoms with Crippen LogP contribution in [-0.4, -0.2) is 19.6 Å². The molecule has 0 radical (unpaired) electrons. The molecule has 1 aromatic carbocycles. The van der Waals surface area contributed by atoms with E-state index in [2.05, 4.69) is 65.1 Å². The van der Waals surface area contributed by atoms with E-state index in [9.17, 15) is 22.8 Å². The van der Waals surface area contributed by atoms with Crippen LogP contribution in [-0.2, 0) is 60.3 Å². The molecule has 0 fully saturated rings. The van der Waals surface area contributed by atoms with Gasteiger partial charge in [-0.15, -0.1) is 0 Å². The Labute approximate surface area is 208 Å². The Morgan fingerprint density at radius 1 is 0.933 bits per heavy atom. The van der Waals surface area contributed by atoms with E-state index < -0.39 is 11.7 Å². The third-order valence-corrected chi connectivity index (χ3v) is 6.57. The van der Waals surface area contributed by atoms with Crippen LogP contribution in [0.25, 0.3) is 11.2 Å². The number of hydrogen-bond donors (Lipinski definition) is 0. The van der Waals surface area contributed by atoms with Crippen molar-refractivity contribution in [1.29, 1.82) is 0 Å². The fourth-order valence-corrected chi connectivity index (χ4v) is 4.10. The number of nitrogens with zero attached hydrogens (tertiary/aromatic N) is 5. The first-order valence-corrected chi connectivity index (χ1v) is 11.4. The molecule has 7 nitrogen and oxygen atoms in total. The van der Waals surface area contributed by atoms with E-state index in [0.29, 0.717) is 17.7 Å². The maximum atomic E-state index is 12.2. The molecule has 0 atom stereocenters. The van der Waals surface area contributed by atoms with Crippen molar-refractivity contribution in [3.05, 3.63) is 60.0 Å². The molecule has 0 saturated carbocycles. The Hall–Kier alpha value is -0.732. The van der Waals surface area contributed by atoms with Crippen molar-refractivity contribution in [3.63, 3.8) is 0 Å². The second-order valence-electron chi connectivity index (χ2n) is 6.39. The molecule has 2 heterocycles. The second-order valence-corrected chi connectivity index (χ2v) is 11.6. The van der Waals surface area contributed by atoms with Crippen molar-refractivity contribution in [2.24, 2.45) is 28.2 Å². The Kier molecular flexibility index (Phi) is 8.36. The number of aryl methyl sites for hydroxylation is 3. The van der Waals surface area contributed by atoms with Gasteiger partial charge in [0.25, 0.3) is 0 Å². The van der Waals surface area contributed by atoms with Gasteiger partial charge in [-0.3, -0.25) is 0 Å². The monoisotopic (exact) mass is 830 g/mol. The molecular formula is C17H18F3I2N5O2Pt. The number of fused-ring (bicyclic) bond motifs is 1. The Balaban J connectivity index is 0.000000216. The molecule has 3 aromatic rings. The van der Waals surface area contributed by atoms with E-state index in [1.165, 1.54) is 23.7 Å². The van der Waals surface area contributed by atoms with Gasteiger partial charge in [-0.25, -0.2) is 0 Å². The van der Waals surface area contributed by atoms with E-state index in [1.807, 2.05) is 20.0 Å². The van der Waals surface area contributed by atoms with Gasteiger partial charge in [0, 0.05) is 52.3 Å². The number of alkyl halides is 3. The molecule has 2 aromatic heterocycles. The third kappa shape index (κ3) is 5.36. The van der Waals surface area contributed by atoms with Gasteiger partial charge in [-0.1, -0.05) is 12.1 Å². The predicted octanol–water partition coefficient (Wildman–Crippen LogP) is 3.20. The van der Waals surface area contributed by atoms with Gasteiger partial charge in [0.15, 0.2) is 0 Å². The molecule has 0 aliphatic carbocycles. The summed E-state index contributed by atoms with van der Waals surface area (Å²) in [5.41, 5.74) is 0.865. The molecular weight excluding hydrogens is 812 g/mol. The van der Waals surface area contributed by atoms with Crippen molar-refractivity contribution in [3.8, 4) is 0 Å². The summed E-state index contributed by atoms with van der Waals surface area (Å²) < 4.78 is 45.5. The van der Waals surface area contributed by atoms with Crippen LogP contribution in [0.4, 0.5) is 13.2 Å². The van der Waals surface area contributed by atoms with Gasteiger partial charge < -0.3 is 0 Å². The number of rotatable bonds is 2. The van der Waals surface area contributed by atoms with Gasteiger partial charge in [-0.2, -0.15) is 14.5 Å². The molecule has 0 aliphatic rings. The van der Waals surface area contributed by atoms with Crippen LogP contribution in [0.3, 0.4) is 0 Å². The van der Waals surface area contributed by atoms with Crippen LogP contribution >= 0.6 is 45.7 Å². The molecule has 0 amide bonds. The minimum atomic E-state index is -4.24. The number of aromatic nitrogens is 4. The summed E-state index contributed by atoms with van der Waals surface area (Å²) in [5.74, 6) is 0. The molecule has 168 valence electrons. The normalized spacial score (nSPS) is 11.7. The van der Waals surface area contributed by atoms with Crippen LogP contribution in [0.5, 0.6) is 0 Å². The SMILES string of the molecule is Cn1c(=O)c2c(n(C)c1=O)n(C)[c](=[Pt])n2C.FC(F)(F)c1ccc(CN(I)I)cc1. The summed E-state index contributed by atoms with van der Waals surface area (Å²) in [5, 5.41) is 0. The van der Waals surface area contributed by atoms with E-state index in [0.717, 1.165) is 26.1 Å². The predicted molar refractivity (Wildman–Crippen MR) is 121 cm³/mol. The minimum absolute atomic E-state index is 0.264. The number of benzene rings is 1. The van der Waals surface area contributed by atoms with Crippen LogP contribution in [0, 0.1) is 3.80 Å². The van der Waals surface area contributed by atoms with Gasteiger partial charge in [0.05, 0.1) is 5.56 Å². The molecule has 0 bridgehead atoms. The van der Waals surface area contributed by atoms with Crippen molar-refractivity contribution in [2.75, 3.05) is 0 Å². The number of halogens is 5. The van der Waals surface area contributed by atoms with Crippen LogP contribution in [0.1, 0.15) is 11.1 Å². The first-order chi connectivity index (χ1) is 13.8. The average molecular weight is 830 g/mol. The summed E-state index contributed by atoms with van der Waals surface area (Å²) in [7, 11) is 6.81. The van der Waals surface area contributed by atoms with E-state index >= 15 is 0 Å². The van der Waals surface area contributed by atoms with E-state index in [4.69, 9.17) is 0 Å². The van der Waals surface area contributed by atoms with E-state index in [-0.39, 0.29) is 11.2 Å². The van der Waals surface area contributed by atoms with Crippen molar-refractivity contribution >= 4 is 56.9 Å². The second kappa shape index (κ2) is 9.82. The summed E-state index contributed by atoms with van der Waals surface area (Å²) in [6.07, 6.45) is -4.24. The molecule has 0 aliphatic heterocycles. The Morgan fingerprint density at radius 2 is 1.47 bits per heavy atom. The van der Waals surface area contributed by atoms with Crippen molar-refractivity contribution in [1.82, 2.24) is 19.6 Å². The van der Waals surface area contributed by atoms with Gasteiger partial charge in [0.1, 0.15) is 0 Å². The first kappa shape index (κ1) is 25.5. The fourth-order valence-electron chi connectivity index (χ4n) is 2.82. The first-order valence-electron chi connectivity index (χ1n) is 8.29. The van der Waals surface area contributed by atoms with E-state index in [1.54, 1.807) is 11.6 Å². The van der Waals surface area contributed by atoms with Gasteiger partial charge in [-0.05, 0) is 17.7 Å². The molecule has 0 saturated heterocycles. The summed E-state index contributed by atoms with van der Waals surface area (Å²) in [6, 6.07) is 5.19. The fraction of sp³-hybridized carbons (Fsp3) is 0.353. The van der Waals surface area contributed by atoms with Crippen molar-refractivity contribution in [2.45, 2.75) is 12.7 Å². The zero-order valence-electron chi connectivity index (χ0n) is 16.3. The van der Waals surface area contributed by atoms with Crippen molar-refractivity contribution < 1.29 is 32.5 Å². The maximum absolute atomic E-state index is 12.2. The molecule has 3 rings (SSSR count). The van der Waals surface area contributed by atoms with Crippen LogP contribution in [0.2, 0.25) is 0 Å². The maximum Gasteiger partial charge on any atom is 0.416 e. The third-order valence-electron chi connectivity index (χ3n) is 4.36. The topological polar surface area (TPSA) is 57.1 Å². The largest absolute Gasteiger partial charge is 0.416 e. The smallest absolute Gasteiger partial charge is 0.184 e. The molecule has 13 heteroatoms. The number of hydrogen-bond acceptors (Lipinski definition) is 3. The zero-order valence-corrected chi connectivity index (χ0v) is 22.9. The summed E-state index contributed by atoms with van der Waals surface area (Å²) in [4.78, 5) is 23.8. The molecule has 0 unspecified atom stereocenters. The van der Waals surface area contributed by atoms with Gasteiger partial charge >= 0.3 is 108 Å². The molecule has 0 N–H and O–H groups in total. The minimum Gasteiger partial charge on any atom is -0.184 e. The van der Waals surface area contributed by atoms with Crippen LogP contribution < -0.4 is 11.2 Å². The summed E-state index contributed by atoms with van der Waals surface area (Å²) in [6.45, 7) is 0.624. The Morgan fingerprint density at radius 3 is 1.93 bits per heavy atom. The van der Waals surface area contributed by atoms with Gasteiger partial charge in [0.2, 0.25) is 0 Å². The zero-order chi connectivity index (χ0) is 23.0. The molecule has 30 heavy (non-hydrogen) atoms. The summed E-state index contributed by atoms with van der Waals surface area (Å²) >= 11 is 6.26.